The van der Waals surface area contributed by atoms with E-state index in [1.807, 2.05) is 30.4 Å². The number of nitrogens with zero attached hydrogens (tertiary/aromatic N) is 4. The van der Waals surface area contributed by atoms with Gasteiger partial charge in [-0.1, -0.05) is 0 Å². The van der Waals surface area contributed by atoms with Crippen LogP contribution in [0.4, 0.5) is 0 Å². The van der Waals surface area contributed by atoms with Crippen LogP contribution in [0.15, 0.2) is 0 Å². The molecule has 6 heteroatoms. The molecule has 1 saturated heterocycles. The van der Waals surface area contributed by atoms with E-state index in [4.69, 9.17) is 0 Å². The van der Waals surface area contributed by atoms with E-state index in [9.17, 15) is 4.79 Å². The lowest BCUT2D eigenvalue weighted by Crippen LogP contribution is -2.46. The van der Waals surface area contributed by atoms with Gasteiger partial charge in [0.25, 0.3) is 0 Å². The first-order valence-electron chi connectivity index (χ1n) is 6.96. The Hall–Kier alpha value is -1.43. The molecule has 2 heterocycles. The number of rotatable bonds is 4. The fraction of sp³-hybridized carbons (Fsp3) is 0.769. The van der Waals surface area contributed by atoms with Gasteiger partial charge < -0.3 is 9.47 Å². The van der Waals surface area contributed by atoms with E-state index in [-0.39, 0.29) is 11.9 Å². The second-order valence-electron chi connectivity index (χ2n) is 5.21. The zero-order valence-corrected chi connectivity index (χ0v) is 12.0. The number of piperidine rings is 1. The maximum atomic E-state index is 12.2. The minimum atomic E-state index is -0.171. The van der Waals surface area contributed by atoms with Crippen molar-refractivity contribution in [1.29, 1.82) is 0 Å². The lowest BCUT2D eigenvalue weighted by molar-refractivity contribution is -0.133. The maximum absolute atomic E-state index is 12.2. The molecular formula is C13H23N5O. The van der Waals surface area contributed by atoms with Crippen LogP contribution in [0, 0.1) is 6.92 Å². The predicted octanol–water partition coefficient (Wildman–Crippen LogP) is 0.614. The average molecular weight is 265 g/mol. The molecule has 1 aliphatic heterocycles. The highest BCUT2D eigenvalue weighted by atomic mass is 16.2. The Bertz CT molecular complexity index is 436. The third kappa shape index (κ3) is 3.32. The third-order valence-electron chi connectivity index (χ3n) is 3.79. The molecule has 1 aliphatic rings. The Morgan fingerprint density at radius 3 is 2.58 bits per heavy atom. The number of likely N-dealkylation sites (tertiary alicyclic amines) is 1. The molecule has 2 rings (SSSR count). The molecular weight excluding hydrogens is 242 g/mol. The Labute approximate surface area is 114 Å². The average Bonchev–Trinajstić information content (AvgIpc) is 2.76. The monoisotopic (exact) mass is 265 g/mol. The molecule has 1 aromatic rings. The molecule has 0 radical (unpaired) electrons. The summed E-state index contributed by atoms with van der Waals surface area (Å²) in [4.78, 5) is 14.2. The SMILES string of the molecule is Cc1nnc(CNC(C)C(=O)N2CCCCC2)n1C. The van der Waals surface area contributed by atoms with E-state index in [2.05, 4.69) is 15.5 Å². The fourth-order valence-corrected chi connectivity index (χ4v) is 2.32. The largest absolute Gasteiger partial charge is 0.341 e. The molecule has 0 aromatic carbocycles. The number of aryl methyl sites for hydroxylation is 1. The molecule has 1 amide bonds. The summed E-state index contributed by atoms with van der Waals surface area (Å²) >= 11 is 0. The molecule has 6 nitrogen and oxygen atoms in total. The number of amides is 1. The van der Waals surface area contributed by atoms with Gasteiger partial charge in [0.2, 0.25) is 5.91 Å². The van der Waals surface area contributed by atoms with Crippen molar-refractivity contribution in [2.45, 2.75) is 45.7 Å². The molecule has 19 heavy (non-hydrogen) atoms. The van der Waals surface area contributed by atoms with Crippen molar-refractivity contribution in [2.24, 2.45) is 7.05 Å². The van der Waals surface area contributed by atoms with Gasteiger partial charge in [-0.2, -0.15) is 0 Å². The van der Waals surface area contributed by atoms with E-state index in [0.29, 0.717) is 6.54 Å². The summed E-state index contributed by atoms with van der Waals surface area (Å²) in [5.41, 5.74) is 0. The first-order chi connectivity index (χ1) is 9.09. The normalized spacial score (nSPS) is 17.5. The molecule has 0 bridgehead atoms. The number of hydrogen-bond donors (Lipinski definition) is 1. The maximum Gasteiger partial charge on any atom is 0.239 e. The van der Waals surface area contributed by atoms with Gasteiger partial charge in [0.15, 0.2) is 0 Å². The van der Waals surface area contributed by atoms with Gasteiger partial charge in [0.05, 0.1) is 12.6 Å². The van der Waals surface area contributed by atoms with Crippen molar-refractivity contribution in [2.75, 3.05) is 13.1 Å². The van der Waals surface area contributed by atoms with Crippen LogP contribution in [0.1, 0.15) is 37.8 Å². The van der Waals surface area contributed by atoms with Crippen LogP contribution in [-0.4, -0.2) is 44.7 Å². The summed E-state index contributed by atoms with van der Waals surface area (Å²) in [5.74, 6) is 1.93. The van der Waals surface area contributed by atoms with Crippen molar-refractivity contribution in [3.63, 3.8) is 0 Å². The van der Waals surface area contributed by atoms with Crippen LogP contribution in [0.2, 0.25) is 0 Å². The van der Waals surface area contributed by atoms with Crippen molar-refractivity contribution >= 4 is 5.91 Å². The number of carbonyl (C=O) groups excluding carboxylic acids is 1. The third-order valence-corrected chi connectivity index (χ3v) is 3.79. The smallest absolute Gasteiger partial charge is 0.239 e. The Balaban J connectivity index is 1.85. The number of carbonyl (C=O) groups is 1. The molecule has 0 aliphatic carbocycles. The molecule has 0 spiro atoms. The summed E-state index contributed by atoms with van der Waals surface area (Å²) < 4.78 is 1.94. The van der Waals surface area contributed by atoms with Gasteiger partial charge in [-0.3, -0.25) is 10.1 Å². The van der Waals surface area contributed by atoms with Crippen LogP contribution in [0.5, 0.6) is 0 Å². The topological polar surface area (TPSA) is 63.1 Å². The lowest BCUT2D eigenvalue weighted by Gasteiger charge is -2.29. The zero-order chi connectivity index (χ0) is 13.8. The summed E-state index contributed by atoms with van der Waals surface area (Å²) in [7, 11) is 1.93. The molecule has 1 unspecified atom stereocenters. The van der Waals surface area contributed by atoms with Crippen LogP contribution in [0.3, 0.4) is 0 Å². The summed E-state index contributed by atoms with van der Waals surface area (Å²) in [6, 6.07) is -0.171. The molecule has 0 saturated carbocycles. The quantitative estimate of drug-likeness (QED) is 0.866. The number of hydrogen-bond acceptors (Lipinski definition) is 4. The van der Waals surface area contributed by atoms with Gasteiger partial charge in [0.1, 0.15) is 11.6 Å². The summed E-state index contributed by atoms with van der Waals surface area (Å²) in [6.07, 6.45) is 3.49. The van der Waals surface area contributed by atoms with Crippen LogP contribution < -0.4 is 5.32 Å². The molecule has 106 valence electrons. The second kappa shape index (κ2) is 6.14. The first kappa shape index (κ1) is 14.0. The van der Waals surface area contributed by atoms with Crippen LogP contribution in [0.25, 0.3) is 0 Å². The molecule has 1 fully saturated rings. The van der Waals surface area contributed by atoms with Crippen molar-refractivity contribution in [3.05, 3.63) is 11.6 Å². The second-order valence-corrected chi connectivity index (χ2v) is 5.21. The highest BCUT2D eigenvalue weighted by molar-refractivity contribution is 5.81. The molecule has 1 atom stereocenters. The van der Waals surface area contributed by atoms with E-state index in [1.165, 1.54) is 6.42 Å². The van der Waals surface area contributed by atoms with Crippen LogP contribution in [-0.2, 0) is 18.4 Å². The van der Waals surface area contributed by atoms with E-state index in [1.54, 1.807) is 0 Å². The number of nitrogens with one attached hydrogen (secondary N) is 1. The van der Waals surface area contributed by atoms with Gasteiger partial charge in [0, 0.05) is 20.1 Å². The molecule has 1 aromatic heterocycles. The van der Waals surface area contributed by atoms with E-state index in [0.717, 1.165) is 37.6 Å². The minimum absolute atomic E-state index is 0.171. The zero-order valence-electron chi connectivity index (χ0n) is 12.0. The summed E-state index contributed by atoms with van der Waals surface area (Å²) in [5, 5.41) is 11.3. The predicted molar refractivity (Wildman–Crippen MR) is 72.5 cm³/mol. The summed E-state index contributed by atoms with van der Waals surface area (Å²) in [6.45, 7) is 6.19. The minimum Gasteiger partial charge on any atom is -0.341 e. The van der Waals surface area contributed by atoms with Gasteiger partial charge in [-0.05, 0) is 33.1 Å². The standard InChI is InChI=1S/C13H23N5O/c1-10(13(19)18-7-5-4-6-8-18)14-9-12-16-15-11(2)17(12)3/h10,14H,4-9H2,1-3H3. The molecule has 1 N–H and O–H groups in total. The highest BCUT2D eigenvalue weighted by Crippen LogP contribution is 2.10. The van der Waals surface area contributed by atoms with Gasteiger partial charge >= 0.3 is 0 Å². The highest BCUT2D eigenvalue weighted by Gasteiger charge is 2.22. The fourth-order valence-electron chi connectivity index (χ4n) is 2.32. The Kier molecular flexibility index (Phi) is 4.52. The Morgan fingerprint density at radius 1 is 1.32 bits per heavy atom. The van der Waals surface area contributed by atoms with Gasteiger partial charge in [-0.15, -0.1) is 10.2 Å². The van der Waals surface area contributed by atoms with Crippen LogP contribution >= 0.6 is 0 Å². The Morgan fingerprint density at radius 2 is 2.00 bits per heavy atom. The lowest BCUT2D eigenvalue weighted by atomic mass is 10.1. The first-order valence-corrected chi connectivity index (χ1v) is 6.96. The number of aromatic nitrogens is 3. The van der Waals surface area contributed by atoms with E-state index >= 15 is 0 Å². The van der Waals surface area contributed by atoms with Crippen molar-refractivity contribution in [1.82, 2.24) is 25.0 Å². The van der Waals surface area contributed by atoms with Crippen molar-refractivity contribution < 1.29 is 4.79 Å². The van der Waals surface area contributed by atoms with Crippen molar-refractivity contribution in [3.8, 4) is 0 Å². The van der Waals surface area contributed by atoms with E-state index < -0.39 is 0 Å². The van der Waals surface area contributed by atoms with Gasteiger partial charge in [-0.25, -0.2) is 0 Å².